The van der Waals surface area contributed by atoms with Gasteiger partial charge in [-0.1, -0.05) is 13.8 Å². The summed E-state index contributed by atoms with van der Waals surface area (Å²) in [6.45, 7) is 6.43. The Hall–Kier alpha value is -0.570. The van der Waals surface area contributed by atoms with Crippen molar-refractivity contribution in [2.24, 2.45) is 34.5 Å². The molecule has 0 saturated heterocycles. The van der Waals surface area contributed by atoms with E-state index in [1.54, 1.807) is 0 Å². The molecule has 3 heteroatoms. The normalized spacial score (nSPS) is 53.7. The molecule has 4 aliphatic rings. The molecule has 1 N–H and O–H groups in total. The Bertz CT molecular complexity index is 517. The molecule has 0 amide bonds. The van der Waals surface area contributed by atoms with Gasteiger partial charge in [-0.15, -0.1) is 0 Å². The van der Waals surface area contributed by atoms with E-state index >= 15 is 0 Å². The standard InChI is InChI=1S/C21H34O3/c1-13(22)24-15-8-10-20(2)14(12-15)4-5-16-17-6-7-19(23)21(17,3)11-9-18(16)20/h14-19,23H,4-12H2,1-3H3/t14-,15+,16+,17-,18+,19+,20-,21-/m1/s1. The van der Waals surface area contributed by atoms with Gasteiger partial charge in [-0.25, -0.2) is 0 Å². The zero-order valence-electron chi connectivity index (χ0n) is 15.6. The van der Waals surface area contributed by atoms with Crippen molar-refractivity contribution in [2.45, 2.75) is 90.8 Å². The van der Waals surface area contributed by atoms with E-state index in [4.69, 9.17) is 4.74 Å². The van der Waals surface area contributed by atoms with Gasteiger partial charge in [0, 0.05) is 6.92 Å². The Balaban J connectivity index is 1.53. The first-order valence-electron chi connectivity index (χ1n) is 10.2. The van der Waals surface area contributed by atoms with E-state index in [0.29, 0.717) is 11.3 Å². The van der Waals surface area contributed by atoms with Crippen molar-refractivity contribution >= 4 is 5.97 Å². The molecule has 4 rings (SSSR count). The third kappa shape index (κ3) is 2.37. The summed E-state index contributed by atoms with van der Waals surface area (Å²) in [5.74, 6) is 2.96. The molecule has 136 valence electrons. The van der Waals surface area contributed by atoms with Crippen molar-refractivity contribution < 1.29 is 14.6 Å². The van der Waals surface area contributed by atoms with E-state index in [2.05, 4.69) is 13.8 Å². The molecule has 0 bridgehead atoms. The molecule has 0 heterocycles. The van der Waals surface area contributed by atoms with Crippen LogP contribution in [-0.4, -0.2) is 23.3 Å². The highest BCUT2D eigenvalue weighted by atomic mass is 16.5. The van der Waals surface area contributed by atoms with Gasteiger partial charge in [0.15, 0.2) is 0 Å². The van der Waals surface area contributed by atoms with Gasteiger partial charge < -0.3 is 9.84 Å². The predicted molar refractivity (Wildman–Crippen MR) is 93.3 cm³/mol. The number of carbonyl (C=O) groups is 1. The number of esters is 1. The van der Waals surface area contributed by atoms with Crippen LogP contribution < -0.4 is 0 Å². The van der Waals surface area contributed by atoms with Crippen LogP contribution in [0.4, 0.5) is 0 Å². The Labute approximate surface area is 146 Å². The molecular weight excluding hydrogens is 300 g/mol. The van der Waals surface area contributed by atoms with Crippen LogP contribution in [0.5, 0.6) is 0 Å². The molecule has 4 fully saturated rings. The summed E-state index contributed by atoms with van der Waals surface area (Å²) >= 11 is 0. The SMILES string of the molecule is CC(=O)O[C@H]1CC[C@]2(C)[C@H](CC[C@H]3[C@H]4CC[C@H](O)[C@]4(C)CC[C@@H]32)C1. The van der Waals surface area contributed by atoms with Gasteiger partial charge in [-0.2, -0.15) is 0 Å². The van der Waals surface area contributed by atoms with Crippen LogP contribution in [0.1, 0.15) is 78.6 Å². The summed E-state index contributed by atoms with van der Waals surface area (Å²) in [4.78, 5) is 11.3. The minimum Gasteiger partial charge on any atom is -0.463 e. The molecule has 8 atom stereocenters. The maximum Gasteiger partial charge on any atom is 0.302 e. The summed E-state index contributed by atoms with van der Waals surface area (Å²) < 4.78 is 5.55. The van der Waals surface area contributed by atoms with Gasteiger partial charge in [0.1, 0.15) is 6.10 Å². The lowest BCUT2D eigenvalue weighted by Crippen LogP contribution is -2.54. The molecule has 0 aromatic rings. The van der Waals surface area contributed by atoms with Gasteiger partial charge >= 0.3 is 5.97 Å². The predicted octanol–water partition coefficient (Wildman–Crippen LogP) is 4.32. The highest BCUT2D eigenvalue weighted by Gasteiger charge is 2.60. The van der Waals surface area contributed by atoms with Crippen LogP contribution in [0.15, 0.2) is 0 Å². The third-order valence-corrected chi connectivity index (χ3v) is 8.90. The highest BCUT2D eigenvalue weighted by Crippen LogP contribution is 2.66. The Kier molecular flexibility index (Phi) is 4.02. The van der Waals surface area contributed by atoms with Crippen LogP contribution in [0, 0.1) is 34.5 Å². The second-order valence-electron chi connectivity index (χ2n) is 9.80. The smallest absolute Gasteiger partial charge is 0.302 e. The number of aliphatic hydroxyl groups is 1. The fourth-order valence-electron chi connectivity index (χ4n) is 7.53. The maximum absolute atomic E-state index is 11.3. The van der Waals surface area contributed by atoms with Gasteiger partial charge in [-0.3, -0.25) is 4.79 Å². The van der Waals surface area contributed by atoms with Crippen molar-refractivity contribution in [1.29, 1.82) is 0 Å². The number of rotatable bonds is 1. The van der Waals surface area contributed by atoms with Gasteiger partial charge in [0.25, 0.3) is 0 Å². The quantitative estimate of drug-likeness (QED) is 0.726. The lowest BCUT2D eigenvalue weighted by atomic mass is 9.45. The monoisotopic (exact) mass is 334 g/mol. The van der Waals surface area contributed by atoms with E-state index in [1.165, 1.54) is 45.4 Å². The average molecular weight is 335 g/mol. The molecule has 0 spiro atoms. The van der Waals surface area contributed by atoms with Crippen molar-refractivity contribution in [3.05, 3.63) is 0 Å². The number of hydrogen-bond donors (Lipinski definition) is 1. The lowest BCUT2D eigenvalue weighted by Gasteiger charge is -2.60. The van der Waals surface area contributed by atoms with E-state index < -0.39 is 0 Å². The third-order valence-electron chi connectivity index (χ3n) is 8.90. The van der Waals surface area contributed by atoms with Gasteiger partial charge in [0.2, 0.25) is 0 Å². The fraction of sp³-hybridized carbons (Fsp3) is 0.952. The van der Waals surface area contributed by atoms with E-state index in [0.717, 1.165) is 37.0 Å². The second kappa shape index (κ2) is 5.72. The summed E-state index contributed by atoms with van der Waals surface area (Å²) in [5.41, 5.74) is 0.605. The Morgan fingerprint density at radius 3 is 2.42 bits per heavy atom. The molecular formula is C21H34O3. The van der Waals surface area contributed by atoms with Crippen LogP contribution in [0.25, 0.3) is 0 Å². The lowest BCUT2D eigenvalue weighted by molar-refractivity contribution is -0.161. The summed E-state index contributed by atoms with van der Waals surface area (Å²) in [6, 6.07) is 0. The maximum atomic E-state index is 11.3. The van der Waals surface area contributed by atoms with Crippen LogP contribution in [-0.2, 0) is 9.53 Å². The molecule has 4 saturated carbocycles. The van der Waals surface area contributed by atoms with Crippen molar-refractivity contribution in [1.82, 2.24) is 0 Å². The first kappa shape index (κ1) is 16.9. The number of carbonyl (C=O) groups excluding carboxylic acids is 1. The van der Waals surface area contributed by atoms with Crippen molar-refractivity contribution in [3.63, 3.8) is 0 Å². The molecule has 4 aliphatic carbocycles. The van der Waals surface area contributed by atoms with Gasteiger partial charge in [0.05, 0.1) is 6.10 Å². The van der Waals surface area contributed by atoms with E-state index in [-0.39, 0.29) is 23.6 Å². The number of fused-ring (bicyclic) bond motifs is 5. The molecule has 0 radical (unpaired) electrons. The van der Waals surface area contributed by atoms with Gasteiger partial charge in [-0.05, 0) is 92.3 Å². The minimum atomic E-state index is -0.120. The number of ether oxygens (including phenoxy) is 1. The van der Waals surface area contributed by atoms with Crippen molar-refractivity contribution in [2.75, 3.05) is 0 Å². The molecule has 0 unspecified atom stereocenters. The van der Waals surface area contributed by atoms with Crippen LogP contribution in [0.2, 0.25) is 0 Å². The number of aliphatic hydroxyl groups excluding tert-OH is 1. The molecule has 0 aromatic heterocycles. The Morgan fingerprint density at radius 2 is 1.67 bits per heavy atom. The van der Waals surface area contributed by atoms with E-state index in [9.17, 15) is 9.90 Å². The minimum absolute atomic E-state index is 0.0753. The second-order valence-corrected chi connectivity index (χ2v) is 9.80. The molecule has 24 heavy (non-hydrogen) atoms. The van der Waals surface area contributed by atoms with E-state index in [1.807, 2.05) is 0 Å². The van der Waals surface area contributed by atoms with Crippen LogP contribution in [0.3, 0.4) is 0 Å². The number of hydrogen-bond acceptors (Lipinski definition) is 3. The summed E-state index contributed by atoms with van der Waals surface area (Å²) in [7, 11) is 0. The molecule has 0 aromatic carbocycles. The molecule has 0 aliphatic heterocycles. The van der Waals surface area contributed by atoms with Crippen molar-refractivity contribution in [3.8, 4) is 0 Å². The first-order chi connectivity index (χ1) is 11.3. The summed E-state index contributed by atoms with van der Waals surface area (Å²) in [5, 5.41) is 10.5. The van der Waals surface area contributed by atoms with Crippen LogP contribution >= 0.6 is 0 Å². The largest absolute Gasteiger partial charge is 0.463 e. The highest BCUT2D eigenvalue weighted by molar-refractivity contribution is 5.66. The fourth-order valence-corrected chi connectivity index (χ4v) is 7.53. The topological polar surface area (TPSA) is 46.5 Å². The molecule has 3 nitrogen and oxygen atoms in total. The zero-order chi connectivity index (χ0) is 17.1. The average Bonchev–Trinajstić information content (AvgIpc) is 2.83. The first-order valence-corrected chi connectivity index (χ1v) is 10.2. The zero-order valence-corrected chi connectivity index (χ0v) is 15.6. The Morgan fingerprint density at radius 1 is 0.958 bits per heavy atom. The summed E-state index contributed by atoms with van der Waals surface area (Å²) in [6.07, 6.45) is 10.8.